The zero-order valence-corrected chi connectivity index (χ0v) is 9.94. The molecule has 0 bridgehead atoms. The van der Waals surface area contributed by atoms with Crippen molar-refractivity contribution in [2.24, 2.45) is 0 Å². The smallest absolute Gasteiger partial charge is 0.132 e. The van der Waals surface area contributed by atoms with Crippen LogP contribution in [-0.4, -0.2) is 22.0 Å². The van der Waals surface area contributed by atoms with Gasteiger partial charge in [-0.25, -0.2) is 15.0 Å². The Morgan fingerprint density at radius 3 is 2.94 bits per heavy atom. The van der Waals surface area contributed by atoms with Crippen LogP contribution in [0, 0.1) is 6.92 Å². The normalized spacial score (nSPS) is 10.0. The van der Waals surface area contributed by atoms with Crippen molar-refractivity contribution in [3.63, 3.8) is 0 Å². The summed E-state index contributed by atoms with van der Waals surface area (Å²) in [7, 11) is 1.86. The summed E-state index contributed by atoms with van der Waals surface area (Å²) in [6.07, 6.45) is 5.12. The standard InChI is InChI=1S/C12H15N5/c1-9-6-14-8-17-12(9)16-7-10-3-4-15-11(5-10)13-2/h3-6,8H,7H2,1-2H3,(H,13,15)(H,14,16,17). The molecular weight excluding hydrogens is 214 g/mol. The lowest BCUT2D eigenvalue weighted by atomic mass is 10.2. The number of rotatable bonds is 4. The van der Waals surface area contributed by atoms with Crippen molar-refractivity contribution in [2.45, 2.75) is 13.5 Å². The summed E-state index contributed by atoms with van der Waals surface area (Å²) in [5.74, 6) is 1.73. The monoisotopic (exact) mass is 229 g/mol. The fraction of sp³-hybridized carbons (Fsp3) is 0.250. The average molecular weight is 229 g/mol. The van der Waals surface area contributed by atoms with Gasteiger partial charge in [-0.2, -0.15) is 0 Å². The van der Waals surface area contributed by atoms with Crippen molar-refractivity contribution in [1.29, 1.82) is 0 Å². The largest absolute Gasteiger partial charge is 0.373 e. The van der Waals surface area contributed by atoms with E-state index in [9.17, 15) is 0 Å². The van der Waals surface area contributed by atoms with E-state index < -0.39 is 0 Å². The van der Waals surface area contributed by atoms with E-state index >= 15 is 0 Å². The highest BCUT2D eigenvalue weighted by Gasteiger charge is 1.99. The highest BCUT2D eigenvalue weighted by atomic mass is 15.0. The number of hydrogen-bond donors (Lipinski definition) is 2. The molecule has 0 aliphatic carbocycles. The van der Waals surface area contributed by atoms with Gasteiger partial charge in [-0.1, -0.05) is 0 Å². The van der Waals surface area contributed by atoms with E-state index in [1.54, 1.807) is 18.7 Å². The minimum atomic E-state index is 0.717. The van der Waals surface area contributed by atoms with Gasteiger partial charge in [0.15, 0.2) is 0 Å². The molecular formula is C12H15N5. The van der Waals surface area contributed by atoms with Crippen LogP contribution in [0.1, 0.15) is 11.1 Å². The van der Waals surface area contributed by atoms with Gasteiger partial charge in [0, 0.05) is 31.5 Å². The first kappa shape index (κ1) is 11.3. The maximum absolute atomic E-state index is 4.18. The predicted octanol–water partition coefficient (Wildman–Crippen LogP) is 1.83. The lowest BCUT2D eigenvalue weighted by molar-refractivity contribution is 1.05. The highest BCUT2D eigenvalue weighted by Crippen LogP contribution is 2.11. The van der Waals surface area contributed by atoms with Crippen LogP contribution in [0.4, 0.5) is 11.6 Å². The second-order valence-corrected chi connectivity index (χ2v) is 3.71. The Bertz CT molecular complexity index is 498. The molecule has 0 fully saturated rings. The van der Waals surface area contributed by atoms with Gasteiger partial charge in [0.2, 0.25) is 0 Å². The number of anilines is 2. The lowest BCUT2D eigenvalue weighted by Crippen LogP contribution is -2.04. The van der Waals surface area contributed by atoms with E-state index in [1.807, 2.05) is 26.1 Å². The number of nitrogens with one attached hydrogen (secondary N) is 2. The van der Waals surface area contributed by atoms with Crippen molar-refractivity contribution in [2.75, 3.05) is 17.7 Å². The predicted molar refractivity (Wildman–Crippen MR) is 67.9 cm³/mol. The van der Waals surface area contributed by atoms with E-state index in [0.717, 1.165) is 29.3 Å². The first-order valence-corrected chi connectivity index (χ1v) is 5.43. The van der Waals surface area contributed by atoms with Gasteiger partial charge in [0.25, 0.3) is 0 Å². The van der Waals surface area contributed by atoms with Gasteiger partial charge in [-0.3, -0.25) is 0 Å². The summed E-state index contributed by atoms with van der Waals surface area (Å²) >= 11 is 0. The van der Waals surface area contributed by atoms with Crippen LogP contribution in [0.15, 0.2) is 30.9 Å². The fourth-order valence-corrected chi connectivity index (χ4v) is 1.49. The van der Waals surface area contributed by atoms with Gasteiger partial charge in [-0.05, 0) is 24.6 Å². The first-order valence-electron chi connectivity index (χ1n) is 5.43. The number of pyridine rings is 1. The topological polar surface area (TPSA) is 62.7 Å². The van der Waals surface area contributed by atoms with Gasteiger partial charge < -0.3 is 10.6 Å². The van der Waals surface area contributed by atoms with Crippen molar-refractivity contribution in [1.82, 2.24) is 15.0 Å². The Kier molecular flexibility index (Phi) is 3.49. The van der Waals surface area contributed by atoms with Crippen LogP contribution >= 0.6 is 0 Å². The second kappa shape index (κ2) is 5.25. The molecule has 2 heterocycles. The molecule has 0 aliphatic heterocycles. The van der Waals surface area contributed by atoms with Gasteiger partial charge in [0.1, 0.15) is 18.0 Å². The fourth-order valence-electron chi connectivity index (χ4n) is 1.49. The van der Waals surface area contributed by atoms with E-state index in [4.69, 9.17) is 0 Å². The van der Waals surface area contributed by atoms with Crippen LogP contribution in [-0.2, 0) is 6.54 Å². The molecule has 0 saturated carbocycles. The third-order valence-corrected chi connectivity index (χ3v) is 2.44. The zero-order valence-electron chi connectivity index (χ0n) is 9.94. The molecule has 0 amide bonds. The molecule has 0 aliphatic rings. The van der Waals surface area contributed by atoms with E-state index in [1.165, 1.54) is 0 Å². The van der Waals surface area contributed by atoms with Crippen molar-refractivity contribution >= 4 is 11.6 Å². The molecule has 2 aromatic rings. The average Bonchev–Trinajstić information content (AvgIpc) is 2.38. The quantitative estimate of drug-likeness (QED) is 0.837. The van der Waals surface area contributed by atoms with Gasteiger partial charge >= 0.3 is 0 Å². The molecule has 5 heteroatoms. The van der Waals surface area contributed by atoms with Crippen LogP contribution in [0.5, 0.6) is 0 Å². The Morgan fingerprint density at radius 1 is 1.29 bits per heavy atom. The zero-order chi connectivity index (χ0) is 12.1. The van der Waals surface area contributed by atoms with E-state index in [2.05, 4.69) is 25.6 Å². The Morgan fingerprint density at radius 2 is 2.18 bits per heavy atom. The summed E-state index contributed by atoms with van der Waals surface area (Å²) in [5, 5.41) is 6.29. The molecule has 0 spiro atoms. The van der Waals surface area contributed by atoms with Crippen LogP contribution in [0.3, 0.4) is 0 Å². The minimum Gasteiger partial charge on any atom is -0.373 e. The van der Waals surface area contributed by atoms with Gasteiger partial charge in [0.05, 0.1) is 0 Å². The number of nitrogens with zero attached hydrogens (tertiary/aromatic N) is 3. The minimum absolute atomic E-state index is 0.717. The summed E-state index contributed by atoms with van der Waals surface area (Å²) in [4.78, 5) is 12.3. The molecule has 2 aromatic heterocycles. The van der Waals surface area contributed by atoms with Crippen molar-refractivity contribution < 1.29 is 0 Å². The van der Waals surface area contributed by atoms with E-state index in [0.29, 0.717) is 0 Å². The molecule has 0 radical (unpaired) electrons. The second-order valence-electron chi connectivity index (χ2n) is 3.71. The number of aromatic nitrogens is 3. The Hall–Kier alpha value is -2.17. The van der Waals surface area contributed by atoms with Crippen LogP contribution in [0.25, 0.3) is 0 Å². The SMILES string of the molecule is CNc1cc(CNc2ncncc2C)ccn1. The lowest BCUT2D eigenvalue weighted by Gasteiger charge is -2.08. The van der Waals surface area contributed by atoms with Crippen molar-refractivity contribution in [3.05, 3.63) is 42.0 Å². The number of aryl methyl sites for hydroxylation is 1. The molecule has 2 N–H and O–H groups in total. The third-order valence-electron chi connectivity index (χ3n) is 2.44. The molecule has 0 saturated heterocycles. The maximum Gasteiger partial charge on any atom is 0.132 e. The molecule has 5 nitrogen and oxygen atoms in total. The summed E-state index contributed by atoms with van der Waals surface area (Å²) in [5.41, 5.74) is 2.19. The molecule has 2 rings (SSSR count). The summed E-state index contributed by atoms with van der Waals surface area (Å²) in [6.45, 7) is 2.70. The summed E-state index contributed by atoms with van der Waals surface area (Å²) < 4.78 is 0. The molecule has 88 valence electrons. The molecule has 17 heavy (non-hydrogen) atoms. The maximum atomic E-state index is 4.18. The van der Waals surface area contributed by atoms with Crippen LogP contribution in [0.2, 0.25) is 0 Å². The van der Waals surface area contributed by atoms with Crippen LogP contribution < -0.4 is 10.6 Å². The Labute approximate surface area is 100 Å². The van der Waals surface area contributed by atoms with Gasteiger partial charge in [-0.15, -0.1) is 0 Å². The molecule has 0 unspecified atom stereocenters. The highest BCUT2D eigenvalue weighted by molar-refractivity contribution is 5.43. The molecule has 0 aromatic carbocycles. The molecule has 0 atom stereocenters. The summed E-state index contributed by atoms with van der Waals surface area (Å²) in [6, 6.07) is 3.98. The first-order chi connectivity index (χ1) is 8.29. The number of hydrogen-bond acceptors (Lipinski definition) is 5. The van der Waals surface area contributed by atoms with Crippen molar-refractivity contribution in [3.8, 4) is 0 Å². The van der Waals surface area contributed by atoms with E-state index in [-0.39, 0.29) is 0 Å². The Balaban J connectivity index is 2.05. The third kappa shape index (κ3) is 2.90.